The number of methoxy groups -OCH3 is 1. The molecule has 0 aliphatic rings. The fraction of sp³-hybridized carbons (Fsp3) is 0.158. The number of benzene rings is 2. The van der Waals surface area contributed by atoms with E-state index in [-0.39, 0.29) is 5.91 Å². The molecule has 1 heterocycles. The number of para-hydroxylation sites is 1. The Balaban J connectivity index is 1.89. The minimum atomic E-state index is -0.166. The van der Waals surface area contributed by atoms with Crippen LogP contribution in [-0.4, -0.2) is 18.0 Å². The van der Waals surface area contributed by atoms with Crippen molar-refractivity contribution in [2.24, 2.45) is 0 Å². The number of pyridine rings is 1. The van der Waals surface area contributed by atoms with E-state index in [1.54, 1.807) is 13.3 Å². The molecule has 3 rings (SSSR count). The lowest BCUT2D eigenvalue weighted by molar-refractivity contribution is 0.0949. The number of amides is 1. The van der Waals surface area contributed by atoms with Gasteiger partial charge in [0.25, 0.3) is 5.91 Å². The Morgan fingerprint density at radius 1 is 1.13 bits per heavy atom. The summed E-state index contributed by atoms with van der Waals surface area (Å²) in [6.45, 7) is 2.51. The van der Waals surface area contributed by atoms with Crippen molar-refractivity contribution >= 4 is 16.8 Å². The number of aryl methyl sites for hydroxylation is 1. The first-order valence-electron chi connectivity index (χ1n) is 7.44. The first-order valence-corrected chi connectivity index (χ1v) is 7.44. The first-order chi connectivity index (χ1) is 11.2. The zero-order valence-corrected chi connectivity index (χ0v) is 13.2. The van der Waals surface area contributed by atoms with Crippen LogP contribution in [0.3, 0.4) is 0 Å². The number of carbonyl (C=O) groups excluding carboxylic acids is 1. The van der Waals surface area contributed by atoms with E-state index >= 15 is 0 Å². The van der Waals surface area contributed by atoms with Crippen molar-refractivity contribution in [3.8, 4) is 5.75 Å². The molecular formula is C19H18N2O2. The van der Waals surface area contributed by atoms with Gasteiger partial charge < -0.3 is 10.1 Å². The summed E-state index contributed by atoms with van der Waals surface area (Å²) >= 11 is 0. The number of hydrogen-bond donors (Lipinski definition) is 1. The molecule has 1 N–H and O–H groups in total. The number of nitrogens with one attached hydrogen (secondary N) is 1. The Morgan fingerprint density at radius 2 is 1.87 bits per heavy atom. The van der Waals surface area contributed by atoms with Crippen molar-refractivity contribution in [1.29, 1.82) is 0 Å². The van der Waals surface area contributed by atoms with E-state index in [1.807, 2.05) is 55.5 Å². The Hall–Kier alpha value is -2.88. The summed E-state index contributed by atoms with van der Waals surface area (Å²) in [5, 5.41) is 3.74. The van der Waals surface area contributed by atoms with Crippen molar-refractivity contribution in [2.45, 2.75) is 13.5 Å². The third kappa shape index (κ3) is 3.16. The van der Waals surface area contributed by atoms with Gasteiger partial charge in [-0.2, -0.15) is 0 Å². The minimum absolute atomic E-state index is 0.166. The zero-order chi connectivity index (χ0) is 16.2. The van der Waals surface area contributed by atoms with Crippen LogP contribution in [0.5, 0.6) is 5.75 Å². The van der Waals surface area contributed by atoms with Gasteiger partial charge in [-0.3, -0.25) is 9.78 Å². The molecule has 23 heavy (non-hydrogen) atoms. The van der Waals surface area contributed by atoms with Crippen molar-refractivity contribution in [3.63, 3.8) is 0 Å². The Morgan fingerprint density at radius 3 is 2.61 bits per heavy atom. The largest absolute Gasteiger partial charge is 0.494 e. The van der Waals surface area contributed by atoms with E-state index in [0.29, 0.717) is 17.9 Å². The summed E-state index contributed by atoms with van der Waals surface area (Å²) in [4.78, 5) is 17.0. The third-order valence-corrected chi connectivity index (χ3v) is 3.76. The molecule has 4 heteroatoms. The highest BCUT2D eigenvalue weighted by molar-refractivity contribution is 6.08. The predicted molar refractivity (Wildman–Crippen MR) is 90.6 cm³/mol. The van der Waals surface area contributed by atoms with Crippen LogP contribution in [-0.2, 0) is 6.54 Å². The van der Waals surface area contributed by atoms with E-state index in [4.69, 9.17) is 4.74 Å². The van der Waals surface area contributed by atoms with Gasteiger partial charge in [0.2, 0.25) is 0 Å². The summed E-state index contributed by atoms with van der Waals surface area (Å²) < 4.78 is 5.32. The number of rotatable bonds is 4. The van der Waals surface area contributed by atoms with Crippen molar-refractivity contribution in [3.05, 3.63) is 71.4 Å². The van der Waals surface area contributed by atoms with Gasteiger partial charge in [0.05, 0.1) is 24.4 Å². The Bertz CT molecular complexity index is 842. The maximum Gasteiger partial charge on any atom is 0.256 e. The van der Waals surface area contributed by atoms with Gasteiger partial charge in [0, 0.05) is 11.9 Å². The van der Waals surface area contributed by atoms with E-state index < -0.39 is 0 Å². The average Bonchev–Trinajstić information content (AvgIpc) is 2.60. The topological polar surface area (TPSA) is 51.2 Å². The molecule has 0 atom stereocenters. The van der Waals surface area contributed by atoms with Crippen LogP contribution in [0.15, 0.2) is 54.7 Å². The lowest BCUT2D eigenvalue weighted by Gasteiger charge is -2.12. The number of aromatic nitrogens is 1. The third-order valence-electron chi connectivity index (χ3n) is 3.76. The summed E-state index contributed by atoms with van der Waals surface area (Å²) in [6, 6.07) is 15.6. The molecule has 116 valence electrons. The fourth-order valence-electron chi connectivity index (χ4n) is 2.49. The SMILES string of the molecule is COc1cnc2ccccc2c1C(=O)NCc1ccc(C)cc1. The van der Waals surface area contributed by atoms with Crippen LogP contribution in [0.4, 0.5) is 0 Å². The van der Waals surface area contributed by atoms with Gasteiger partial charge in [-0.25, -0.2) is 0 Å². The van der Waals surface area contributed by atoms with Crippen LogP contribution in [0, 0.1) is 6.92 Å². The molecular weight excluding hydrogens is 288 g/mol. The number of nitrogens with zero attached hydrogens (tertiary/aromatic N) is 1. The van der Waals surface area contributed by atoms with Crippen molar-refractivity contribution in [1.82, 2.24) is 10.3 Å². The maximum absolute atomic E-state index is 12.7. The highest BCUT2D eigenvalue weighted by atomic mass is 16.5. The molecule has 1 amide bonds. The molecule has 0 fully saturated rings. The van der Waals surface area contributed by atoms with E-state index in [2.05, 4.69) is 10.3 Å². The molecule has 3 aromatic rings. The monoisotopic (exact) mass is 306 g/mol. The molecule has 0 radical (unpaired) electrons. The fourth-order valence-corrected chi connectivity index (χ4v) is 2.49. The second-order valence-corrected chi connectivity index (χ2v) is 5.39. The van der Waals surface area contributed by atoms with Gasteiger partial charge in [-0.1, -0.05) is 48.0 Å². The minimum Gasteiger partial charge on any atom is -0.494 e. The molecule has 1 aromatic heterocycles. The van der Waals surface area contributed by atoms with Gasteiger partial charge >= 0.3 is 0 Å². The smallest absolute Gasteiger partial charge is 0.256 e. The average molecular weight is 306 g/mol. The first kappa shape index (κ1) is 15.0. The number of hydrogen-bond acceptors (Lipinski definition) is 3. The zero-order valence-electron chi connectivity index (χ0n) is 13.2. The Labute approximate surface area is 135 Å². The molecule has 0 saturated heterocycles. The predicted octanol–water partition coefficient (Wildman–Crippen LogP) is 3.48. The number of fused-ring (bicyclic) bond motifs is 1. The molecule has 0 aliphatic carbocycles. The molecule has 0 spiro atoms. The van der Waals surface area contributed by atoms with E-state index in [0.717, 1.165) is 16.5 Å². The Kier molecular flexibility index (Phi) is 4.24. The van der Waals surface area contributed by atoms with Crippen LogP contribution >= 0.6 is 0 Å². The van der Waals surface area contributed by atoms with Gasteiger partial charge in [-0.15, -0.1) is 0 Å². The van der Waals surface area contributed by atoms with Crippen LogP contribution in [0.1, 0.15) is 21.5 Å². The summed E-state index contributed by atoms with van der Waals surface area (Å²) in [5.41, 5.74) is 3.54. The van der Waals surface area contributed by atoms with Crippen molar-refractivity contribution in [2.75, 3.05) is 7.11 Å². The quantitative estimate of drug-likeness (QED) is 0.803. The standard InChI is InChI=1S/C19H18N2O2/c1-13-7-9-14(10-8-13)11-21-19(22)18-15-5-3-4-6-16(15)20-12-17(18)23-2/h3-10,12H,11H2,1-2H3,(H,21,22). The van der Waals surface area contributed by atoms with Crippen LogP contribution in [0.25, 0.3) is 10.9 Å². The van der Waals surface area contributed by atoms with Crippen molar-refractivity contribution < 1.29 is 9.53 Å². The second-order valence-electron chi connectivity index (χ2n) is 5.39. The van der Waals surface area contributed by atoms with E-state index in [1.165, 1.54) is 5.56 Å². The molecule has 2 aromatic carbocycles. The second kappa shape index (κ2) is 6.48. The van der Waals surface area contributed by atoms with Crippen LogP contribution < -0.4 is 10.1 Å². The van der Waals surface area contributed by atoms with Gasteiger partial charge in [0.15, 0.2) is 5.75 Å². The summed E-state index contributed by atoms with van der Waals surface area (Å²) in [5.74, 6) is 0.311. The van der Waals surface area contributed by atoms with Gasteiger partial charge in [0.1, 0.15) is 0 Å². The summed E-state index contributed by atoms with van der Waals surface area (Å²) in [7, 11) is 1.54. The maximum atomic E-state index is 12.7. The molecule has 0 bridgehead atoms. The molecule has 4 nitrogen and oxygen atoms in total. The van der Waals surface area contributed by atoms with Crippen LogP contribution in [0.2, 0.25) is 0 Å². The normalized spacial score (nSPS) is 10.5. The number of carbonyl (C=O) groups is 1. The highest BCUT2D eigenvalue weighted by Crippen LogP contribution is 2.25. The number of ether oxygens (including phenoxy) is 1. The highest BCUT2D eigenvalue weighted by Gasteiger charge is 2.16. The molecule has 0 unspecified atom stereocenters. The van der Waals surface area contributed by atoms with Gasteiger partial charge in [-0.05, 0) is 18.6 Å². The summed E-state index contributed by atoms with van der Waals surface area (Å²) in [6.07, 6.45) is 1.59. The molecule has 0 saturated carbocycles. The lowest BCUT2D eigenvalue weighted by Crippen LogP contribution is -2.23. The van der Waals surface area contributed by atoms with E-state index in [9.17, 15) is 4.79 Å². The lowest BCUT2D eigenvalue weighted by atomic mass is 10.1. The molecule has 0 aliphatic heterocycles.